The van der Waals surface area contributed by atoms with Crippen molar-refractivity contribution in [1.29, 1.82) is 0 Å². The highest BCUT2D eigenvalue weighted by molar-refractivity contribution is 5.92. The van der Waals surface area contributed by atoms with Gasteiger partial charge in [-0.3, -0.25) is 5.32 Å². The fraction of sp³-hybridized carbons (Fsp3) is 0.400. The van der Waals surface area contributed by atoms with E-state index in [0.717, 1.165) is 36.1 Å². The molecular weight excluding hydrogens is 453 g/mol. The number of carbonyl (C=O) groups is 1. The molecule has 6 rings (SSSR count). The van der Waals surface area contributed by atoms with E-state index in [9.17, 15) is 4.79 Å². The van der Waals surface area contributed by atoms with Gasteiger partial charge in [0.2, 0.25) is 5.88 Å². The van der Waals surface area contributed by atoms with Gasteiger partial charge in [-0.25, -0.2) is 19.2 Å². The molecule has 3 N–H and O–H groups in total. The zero-order valence-corrected chi connectivity index (χ0v) is 19.3. The Balaban J connectivity index is 1.22. The van der Waals surface area contributed by atoms with Gasteiger partial charge in [-0.1, -0.05) is 0 Å². The summed E-state index contributed by atoms with van der Waals surface area (Å²) in [4.78, 5) is 21.1. The molecule has 2 unspecified atom stereocenters. The minimum atomic E-state index is -0.586. The van der Waals surface area contributed by atoms with Crippen molar-refractivity contribution in [2.75, 3.05) is 43.5 Å². The van der Waals surface area contributed by atoms with Crippen molar-refractivity contribution in [1.82, 2.24) is 15.3 Å². The van der Waals surface area contributed by atoms with Gasteiger partial charge < -0.3 is 24.8 Å². The molecule has 0 aliphatic carbocycles. The van der Waals surface area contributed by atoms with E-state index in [1.165, 1.54) is 12.3 Å². The molecule has 1 amide bonds. The number of fused-ring (bicyclic) bond motifs is 2. The van der Waals surface area contributed by atoms with E-state index in [-0.39, 0.29) is 17.5 Å². The maximum Gasteiger partial charge on any atom is 0.413 e. The molecular formula is C25H26FN5O4. The number of benzene rings is 1. The minimum Gasteiger partial charge on any atom is -0.474 e. The third kappa shape index (κ3) is 4.12. The second kappa shape index (κ2) is 8.62. The van der Waals surface area contributed by atoms with Crippen molar-refractivity contribution >= 4 is 28.4 Å². The zero-order chi connectivity index (χ0) is 24.0. The predicted molar refractivity (Wildman–Crippen MR) is 128 cm³/mol. The summed E-state index contributed by atoms with van der Waals surface area (Å²) >= 11 is 0. The number of nitrogens with one attached hydrogen (secondary N) is 3. The van der Waals surface area contributed by atoms with Crippen LogP contribution in [0.1, 0.15) is 18.4 Å². The van der Waals surface area contributed by atoms with Gasteiger partial charge in [0.1, 0.15) is 30.0 Å². The molecule has 182 valence electrons. The molecule has 3 aliphatic rings. The van der Waals surface area contributed by atoms with Gasteiger partial charge in [0, 0.05) is 48.4 Å². The van der Waals surface area contributed by atoms with Crippen LogP contribution in [0.3, 0.4) is 0 Å². The van der Waals surface area contributed by atoms with E-state index in [0.29, 0.717) is 54.4 Å². The number of aromatic nitrogens is 2. The van der Waals surface area contributed by atoms with Gasteiger partial charge in [-0.05, 0) is 49.0 Å². The number of carbonyl (C=O) groups excluding carboxylic acids is 1. The van der Waals surface area contributed by atoms with E-state index in [1.807, 2.05) is 6.92 Å². The monoisotopic (exact) mass is 479 g/mol. The number of ether oxygens (including phenoxy) is 3. The number of anilines is 2. The molecule has 2 saturated heterocycles. The number of rotatable bonds is 3. The van der Waals surface area contributed by atoms with E-state index >= 15 is 4.39 Å². The lowest BCUT2D eigenvalue weighted by Gasteiger charge is -2.21. The molecule has 2 aromatic heterocycles. The van der Waals surface area contributed by atoms with E-state index in [2.05, 4.69) is 25.9 Å². The van der Waals surface area contributed by atoms with Crippen LogP contribution >= 0.6 is 0 Å². The summed E-state index contributed by atoms with van der Waals surface area (Å²) < 4.78 is 32.1. The molecule has 0 bridgehead atoms. The molecule has 2 fully saturated rings. The van der Waals surface area contributed by atoms with Crippen LogP contribution in [0.2, 0.25) is 0 Å². The number of amides is 1. The van der Waals surface area contributed by atoms with Crippen molar-refractivity contribution in [3.8, 4) is 17.0 Å². The normalized spacial score (nSPS) is 23.1. The summed E-state index contributed by atoms with van der Waals surface area (Å²) in [6, 6.07) is 4.88. The number of nitrogens with zero attached hydrogens (tertiary/aromatic N) is 2. The molecule has 1 aromatic carbocycles. The summed E-state index contributed by atoms with van der Waals surface area (Å²) in [7, 11) is 0. The van der Waals surface area contributed by atoms with Crippen LogP contribution < -0.4 is 20.7 Å². The standard InChI is InChI=1S/C25H26FN5O4/c1-14-19(11-30-23-22(14)28-4-5-33-23)18-6-15-8-21(29-10-16(15)7-20(18)26)31-24(32)35-17-9-25(34-12-17)2-3-27-13-25/h6-8,10-11,17,27-28H,2-5,9,12-13H2,1H3,(H,29,31,32). The van der Waals surface area contributed by atoms with E-state index in [1.54, 1.807) is 18.3 Å². The SMILES string of the molecule is Cc1c(-c2cc3cc(NC(=O)OC4COC5(CCNC5)C4)ncc3cc2F)cnc2c1NCCO2. The average Bonchev–Trinajstić information content (AvgIpc) is 3.48. The Labute approximate surface area is 201 Å². The Bertz CT molecular complexity index is 1310. The van der Waals surface area contributed by atoms with E-state index < -0.39 is 6.09 Å². The first-order valence-corrected chi connectivity index (χ1v) is 11.8. The quantitative estimate of drug-likeness (QED) is 0.523. The van der Waals surface area contributed by atoms with Crippen LogP contribution in [-0.2, 0) is 9.47 Å². The van der Waals surface area contributed by atoms with Crippen molar-refractivity contribution in [3.63, 3.8) is 0 Å². The first-order valence-electron chi connectivity index (χ1n) is 11.8. The van der Waals surface area contributed by atoms with Gasteiger partial charge in [0.15, 0.2) is 0 Å². The van der Waals surface area contributed by atoms with Crippen LogP contribution in [0.15, 0.2) is 30.6 Å². The highest BCUT2D eigenvalue weighted by Crippen LogP contribution is 2.37. The van der Waals surface area contributed by atoms with Crippen LogP contribution in [0.5, 0.6) is 5.88 Å². The Kier molecular flexibility index (Phi) is 5.42. The fourth-order valence-electron chi connectivity index (χ4n) is 5.11. The molecule has 3 aliphatic heterocycles. The van der Waals surface area contributed by atoms with Crippen molar-refractivity contribution in [3.05, 3.63) is 42.0 Å². The average molecular weight is 480 g/mol. The lowest BCUT2D eigenvalue weighted by atomic mass is 9.98. The third-order valence-corrected chi connectivity index (χ3v) is 6.93. The summed E-state index contributed by atoms with van der Waals surface area (Å²) in [6.07, 6.45) is 3.87. The fourth-order valence-corrected chi connectivity index (χ4v) is 5.11. The number of halogens is 1. The van der Waals surface area contributed by atoms with Gasteiger partial charge in [-0.2, -0.15) is 0 Å². The third-order valence-electron chi connectivity index (χ3n) is 6.93. The highest BCUT2D eigenvalue weighted by Gasteiger charge is 2.44. The number of pyridine rings is 2. The molecule has 2 atom stereocenters. The second-order valence-electron chi connectivity index (χ2n) is 9.28. The number of hydrogen-bond acceptors (Lipinski definition) is 8. The summed E-state index contributed by atoms with van der Waals surface area (Å²) in [5.74, 6) is 0.472. The number of hydrogen-bond donors (Lipinski definition) is 3. The summed E-state index contributed by atoms with van der Waals surface area (Å²) in [5, 5.41) is 10.6. The predicted octanol–water partition coefficient (Wildman–Crippen LogP) is 3.62. The molecule has 35 heavy (non-hydrogen) atoms. The van der Waals surface area contributed by atoms with Gasteiger partial charge in [0.25, 0.3) is 0 Å². The smallest absolute Gasteiger partial charge is 0.413 e. The molecule has 10 heteroatoms. The molecule has 9 nitrogen and oxygen atoms in total. The molecule has 3 aromatic rings. The maximum absolute atomic E-state index is 15.1. The Morgan fingerprint density at radius 1 is 1.20 bits per heavy atom. The topological polar surface area (TPSA) is 107 Å². The largest absolute Gasteiger partial charge is 0.474 e. The Hall–Kier alpha value is -3.50. The first kappa shape index (κ1) is 22.0. The van der Waals surface area contributed by atoms with Gasteiger partial charge in [0.05, 0.1) is 12.2 Å². The Morgan fingerprint density at radius 2 is 2.11 bits per heavy atom. The van der Waals surface area contributed by atoms with Crippen molar-refractivity contribution < 1.29 is 23.4 Å². The first-order chi connectivity index (χ1) is 17.0. The van der Waals surface area contributed by atoms with Crippen molar-refractivity contribution in [2.45, 2.75) is 31.5 Å². The van der Waals surface area contributed by atoms with Crippen LogP contribution in [0.4, 0.5) is 20.7 Å². The highest BCUT2D eigenvalue weighted by atomic mass is 19.1. The van der Waals surface area contributed by atoms with Gasteiger partial charge in [-0.15, -0.1) is 0 Å². The Morgan fingerprint density at radius 3 is 2.97 bits per heavy atom. The molecule has 0 radical (unpaired) electrons. The van der Waals surface area contributed by atoms with Crippen LogP contribution in [-0.4, -0.2) is 60.6 Å². The van der Waals surface area contributed by atoms with Crippen LogP contribution in [0.25, 0.3) is 21.9 Å². The summed E-state index contributed by atoms with van der Waals surface area (Å²) in [6.45, 7) is 5.20. The molecule has 0 saturated carbocycles. The maximum atomic E-state index is 15.1. The van der Waals surface area contributed by atoms with Crippen molar-refractivity contribution in [2.24, 2.45) is 0 Å². The minimum absolute atomic E-state index is 0.224. The second-order valence-corrected chi connectivity index (χ2v) is 9.28. The lowest BCUT2D eigenvalue weighted by molar-refractivity contribution is 0.0162. The molecule has 1 spiro atoms. The lowest BCUT2D eigenvalue weighted by Crippen LogP contribution is -2.31. The molecule has 5 heterocycles. The zero-order valence-electron chi connectivity index (χ0n) is 19.3. The van der Waals surface area contributed by atoms with Gasteiger partial charge >= 0.3 is 6.09 Å². The van der Waals surface area contributed by atoms with E-state index in [4.69, 9.17) is 14.2 Å². The summed E-state index contributed by atoms with van der Waals surface area (Å²) in [5.41, 5.74) is 2.49. The van der Waals surface area contributed by atoms with Crippen LogP contribution in [0, 0.1) is 12.7 Å².